The Bertz CT molecular complexity index is 688. The molecule has 33 heavy (non-hydrogen) atoms. The van der Waals surface area contributed by atoms with E-state index >= 15 is 0 Å². The lowest BCUT2D eigenvalue weighted by Gasteiger charge is -2.27. The first kappa shape index (κ1) is 29.8. The van der Waals surface area contributed by atoms with Crippen molar-refractivity contribution in [2.45, 2.75) is 132 Å². The Morgan fingerprint density at radius 1 is 0.636 bits per heavy atom. The molecule has 0 radical (unpaired) electrons. The Morgan fingerprint density at radius 2 is 1.03 bits per heavy atom. The Labute approximate surface area is 204 Å². The quantitative estimate of drug-likeness (QED) is 0.287. The summed E-state index contributed by atoms with van der Waals surface area (Å²) in [6.07, 6.45) is 9.27. The van der Waals surface area contributed by atoms with Crippen molar-refractivity contribution in [2.24, 2.45) is 17.8 Å². The third-order valence-corrected chi connectivity index (χ3v) is 7.51. The van der Waals surface area contributed by atoms with Crippen molar-refractivity contribution < 1.29 is 15.0 Å². The van der Waals surface area contributed by atoms with Crippen molar-refractivity contribution in [3.05, 3.63) is 33.4 Å². The standard InChI is InChI=1S/2C10H18O.C10H16O/c3*1-7(2)9-5-4-8(3)6-10(9)11/h2*8,10-11H,4-6H2,1-3H3;8H,4-6H2,1-3H3. The zero-order valence-corrected chi connectivity index (χ0v) is 23.1. The predicted molar refractivity (Wildman–Crippen MR) is 141 cm³/mol. The van der Waals surface area contributed by atoms with Crippen LogP contribution in [0.5, 0.6) is 0 Å². The molecule has 0 aromatic heterocycles. The highest BCUT2D eigenvalue weighted by atomic mass is 16.3. The molecular formula is C30H52O3. The monoisotopic (exact) mass is 460 g/mol. The van der Waals surface area contributed by atoms with E-state index in [2.05, 4.69) is 48.5 Å². The van der Waals surface area contributed by atoms with E-state index in [9.17, 15) is 15.0 Å². The molecule has 3 nitrogen and oxygen atoms in total. The summed E-state index contributed by atoms with van der Waals surface area (Å²) in [6, 6.07) is 0. The largest absolute Gasteiger partial charge is 0.389 e. The molecule has 3 aliphatic rings. The van der Waals surface area contributed by atoms with E-state index in [-0.39, 0.29) is 12.2 Å². The molecule has 0 aromatic rings. The summed E-state index contributed by atoms with van der Waals surface area (Å²) in [5.74, 6) is 2.38. The first-order chi connectivity index (χ1) is 15.3. The van der Waals surface area contributed by atoms with Gasteiger partial charge in [0.25, 0.3) is 0 Å². The van der Waals surface area contributed by atoms with E-state index in [0.29, 0.717) is 23.5 Å². The van der Waals surface area contributed by atoms with Gasteiger partial charge in [0.15, 0.2) is 5.78 Å². The van der Waals surface area contributed by atoms with E-state index in [1.165, 1.54) is 47.1 Å². The van der Waals surface area contributed by atoms with Gasteiger partial charge in [-0.15, -0.1) is 0 Å². The molecule has 3 aliphatic carbocycles. The third kappa shape index (κ3) is 10.3. The lowest BCUT2D eigenvalue weighted by Crippen LogP contribution is -2.21. The molecule has 0 aliphatic heterocycles. The fourth-order valence-corrected chi connectivity index (χ4v) is 5.19. The van der Waals surface area contributed by atoms with Gasteiger partial charge in [-0.2, -0.15) is 0 Å². The number of allylic oxidation sites excluding steroid dienone is 4. The molecule has 3 fully saturated rings. The number of rotatable bonds is 0. The topological polar surface area (TPSA) is 57.5 Å². The highest BCUT2D eigenvalue weighted by Gasteiger charge is 2.23. The van der Waals surface area contributed by atoms with Crippen molar-refractivity contribution in [1.29, 1.82) is 0 Å². The third-order valence-electron chi connectivity index (χ3n) is 7.51. The summed E-state index contributed by atoms with van der Waals surface area (Å²) in [6.45, 7) is 19.0. The Hall–Kier alpha value is -1.19. The van der Waals surface area contributed by atoms with Crippen LogP contribution in [0.4, 0.5) is 0 Å². The summed E-state index contributed by atoms with van der Waals surface area (Å²) >= 11 is 0. The van der Waals surface area contributed by atoms with Crippen LogP contribution in [0.15, 0.2) is 33.4 Å². The van der Waals surface area contributed by atoms with Crippen LogP contribution < -0.4 is 0 Å². The lowest BCUT2D eigenvalue weighted by atomic mass is 9.83. The molecule has 0 saturated heterocycles. The zero-order chi connectivity index (χ0) is 25.3. The van der Waals surface area contributed by atoms with Crippen molar-refractivity contribution in [2.75, 3.05) is 0 Å². The molecule has 0 amide bonds. The number of aliphatic hydroxyl groups is 2. The first-order valence-corrected chi connectivity index (χ1v) is 13.2. The van der Waals surface area contributed by atoms with Gasteiger partial charge in [0.05, 0.1) is 12.2 Å². The van der Waals surface area contributed by atoms with Crippen LogP contribution in [0, 0.1) is 17.8 Å². The predicted octanol–water partition coefficient (Wildman–Crippen LogP) is 7.72. The molecular weight excluding hydrogens is 408 g/mol. The second-order valence-electron chi connectivity index (χ2n) is 11.6. The SMILES string of the molecule is CC(C)=C1CCC(C)CC1=O.CC(C)=C1CCC(C)CC1O.CC(C)=C1CCC(C)CC1O. The maximum Gasteiger partial charge on any atom is 0.159 e. The van der Waals surface area contributed by atoms with Crippen LogP contribution in [-0.4, -0.2) is 28.2 Å². The minimum Gasteiger partial charge on any atom is -0.389 e. The van der Waals surface area contributed by atoms with Crippen molar-refractivity contribution in [1.82, 2.24) is 0 Å². The molecule has 0 aromatic carbocycles. The Balaban J connectivity index is 0.000000247. The highest BCUT2D eigenvalue weighted by Crippen LogP contribution is 2.31. The molecule has 0 bridgehead atoms. The van der Waals surface area contributed by atoms with Crippen LogP contribution in [-0.2, 0) is 4.79 Å². The Kier molecular flexibility index (Phi) is 12.9. The van der Waals surface area contributed by atoms with E-state index in [1.807, 2.05) is 13.8 Å². The van der Waals surface area contributed by atoms with Gasteiger partial charge in [-0.25, -0.2) is 0 Å². The van der Waals surface area contributed by atoms with E-state index < -0.39 is 0 Å². The van der Waals surface area contributed by atoms with Crippen LogP contribution >= 0.6 is 0 Å². The van der Waals surface area contributed by atoms with Crippen molar-refractivity contribution >= 4 is 5.78 Å². The van der Waals surface area contributed by atoms with Crippen molar-refractivity contribution in [3.8, 4) is 0 Å². The van der Waals surface area contributed by atoms with Gasteiger partial charge in [0, 0.05) is 6.42 Å². The second kappa shape index (κ2) is 14.3. The van der Waals surface area contributed by atoms with Gasteiger partial charge in [-0.3, -0.25) is 4.79 Å². The van der Waals surface area contributed by atoms with Crippen LogP contribution in [0.1, 0.15) is 120 Å². The molecule has 2 N–H and O–H groups in total. The summed E-state index contributed by atoms with van der Waals surface area (Å²) in [5, 5.41) is 19.3. The van der Waals surface area contributed by atoms with Gasteiger partial charge in [0.1, 0.15) is 0 Å². The maximum absolute atomic E-state index is 11.4. The van der Waals surface area contributed by atoms with Gasteiger partial charge >= 0.3 is 0 Å². The summed E-state index contributed by atoms with van der Waals surface area (Å²) < 4.78 is 0. The van der Waals surface area contributed by atoms with Crippen LogP contribution in [0.2, 0.25) is 0 Å². The van der Waals surface area contributed by atoms with E-state index in [1.54, 1.807) is 0 Å². The molecule has 3 rings (SSSR count). The molecule has 0 heterocycles. The number of carbonyl (C=O) groups is 1. The normalized spacial score (nSPS) is 30.0. The van der Waals surface area contributed by atoms with E-state index in [4.69, 9.17) is 0 Å². The lowest BCUT2D eigenvalue weighted by molar-refractivity contribution is -0.117. The Morgan fingerprint density at radius 3 is 1.33 bits per heavy atom. The number of hydrogen-bond donors (Lipinski definition) is 2. The fourth-order valence-electron chi connectivity index (χ4n) is 5.19. The molecule has 3 saturated carbocycles. The number of ketones is 1. The average molecular weight is 461 g/mol. The average Bonchev–Trinajstić information content (AvgIpc) is 2.68. The molecule has 5 unspecified atom stereocenters. The highest BCUT2D eigenvalue weighted by molar-refractivity contribution is 5.96. The maximum atomic E-state index is 11.4. The first-order valence-electron chi connectivity index (χ1n) is 13.2. The summed E-state index contributed by atoms with van der Waals surface area (Å²) in [4.78, 5) is 11.4. The van der Waals surface area contributed by atoms with Gasteiger partial charge < -0.3 is 10.2 Å². The summed E-state index contributed by atoms with van der Waals surface area (Å²) in [7, 11) is 0. The van der Waals surface area contributed by atoms with Crippen LogP contribution in [0.25, 0.3) is 0 Å². The smallest absolute Gasteiger partial charge is 0.159 e. The van der Waals surface area contributed by atoms with Gasteiger partial charge in [0.2, 0.25) is 0 Å². The number of hydrogen-bond acceptors (Lipinski definition) is 3. The van der Waals surface area contributed by atoms with Crippen LogP contribution in [0.3, 0.4) is 0 Å². The molecule has 3 heteroatoms. The van der Waals surface area contributed by atoms with E-state index in [0.717, 1.165) is 44.1 Å². The number of aliphatic hydroxyl groups excluding tert-OH is 2. The zero-order valence-electron chi connectivity index (χ0n) is 23.1. The number of carbonyl (C=O) groups excluding carboxylic acids is 1. The molecule has 0 spiro atoms. The van der Waals surface area contributed by atoms with Crippen molar-refractivity contribution in [3.63, 3.8) is 0 Å². The minimum absolute atomic E-state index is 0.149. The van der Waals surface area contributed by atoms with Gasteiger partial charge in [-0.05, 0) is 127 Å². The van der Waals surface area contributed by atoms with Gasteiger partial charge in [-0.1, -0.05) is 37.5 Å². The molecule has 5 atom stereocenters. The number of Topliss-reactive ketones (excluding diaryl/α,β-unsaturated/α-hetero) is 1. The molecule has 190 valence electrons. The fraction of sp³-hybridized carbons (Fsp3) is 0.767. The second-order valence-corrected chi connectivity index (χ2v) is 11.6. The minimum atomic E-state index is -0.149. The summed E-state index contributed by atoms with van der Waals surface area (Å²) in [5.41, 5.74) is 7.48.